The average Bonchev–Trinajstić information content (AvgIpc) is 2.19. The summed E-state index contributed by atoms with van der Waals surface area (Å²) in [7, 11) is 0. The quantitative estimate of drug-likeness (QED) is 0.628. The smallest absolute Gasteiger partial charge is 0.307 e. The number of nitrogens with zero attached hydrogens (tertiary/aromatic N) is 1. The number of rotatable bonds is 5. The van der Waals surface area contributed by atoms with E-state index in [1.807, 2.05) is 0 Å². The van der Waals surface area contributed by atoms with Gasteiger partial charge in [-0.2, -0.15) is 0 Å². The molecule has 1 aromatic rings. The first-order chi connectivity index (χ1) is 7.90. The van der Waals surface area contributed by atoms with Crippen molar-refractivity contribution in [3.05, 3.63) is 33.9 Å². The van der Waals surface area contributed by atoms with E-state index in [0.29, 0.717) is 11.3 Å². The maximum atomic E-state index is 10.5. The van der Waals surface area contributed by atoms with Crippen LogP contribution < -0.4 is 4.74 Å². The van der Waals surface area contributed by atoms with Crippen LogP contribution in [0.5, 0.6) is 5.75 Å². The molecule has 1 rings (SSSR count). The number of aryl methyl sites for hydroxylation is 1. The summed E-state index contributed by atoms with van der Waals surface area (Å²) in [6.07, 6.45) is -0.594. The van der Waals surface area contributed by atoms with Gasteiger partial charge in [0.05, 0.1) is 11.3 Å². The molecule has 0 saturated carbocycles. The number of carboxylic acids is 1. The van der Waals surface area contributed by atoms with Crippen molar-refractivity contribution in [1.82, 2.24) is 0 Å². The van der Waals surface area contributed by atoms with Crippen molar-refractivity contribution in [2.45, 2.75) is 26.4 Å². The van der Waals surface area contributed by atoms with E-state index in [-0.39, 0.29) is 12.1 Å². The van der Waals surface area contributed by atoms with Crippen LogP contribution in [0.15, 0.2) is 18.2 Å². The predicted octanol–water partition coefficient (Wildman–Crippen LogP) is 2.15. The Kier molecular flexibility index (Phi) is 4.03. The Hall–Kier alpha value is -2.11. The van der Waals surface area contributed by atoms with Gasteiger partial charge < -0.3 is 9.84 Å². The third kappa shape index (κ3) is 3.75. The number of non-ortho nitro benzene ring substituents is 1. The minimum atomic E-state index is -0.947. The van der Waals surface area contributed by atoms with Crippen LogP contribution in [0.3, 0.4) is 0 Å². The van der Waals surface area contributed by atoms with Crippen LogP contribution in [0.2, 0.25) is 0 Å². The van der Waals surface area contributed by atoms with Crippen LogP contribution in [0, 0.1) is 17.0 Å². The fraction of sp³-hybridized carbons (Fsp3) is 0.364. The summed E-state index contributed by atoms with van der Waals surface area (Å²) < 4.78 is 5.39. The molecular formula is C11H13NO5. The van der Waals surface area contributed by atoms with Gasteiger partial charge in [-0.05, 0) is 25.5 Å². The molecule has 1 atom stereocenters. The van der Waals surface area contributed by atoms with Gasteiger partial charge in [0.25, 0.3) is 5.69 Å². The number of benzene rings is 1. The van der Waals surface area contributed by atoms with E-state index < -0.39 is 17.0 Å². The number of carboxylic acid groups (broad SMARTS) is 1. The van der Waals surface area contributed by atoms with Crippen molar-refractivity contribution in [2.24, 2.45) is 0 Å². The highest BCUT2D eigenvalue weighted by Gasteiger charge is 2.13. The number of ether oxygens (including phenoxy) is 1. The lowest BCUT2D eigenvalue weighted by atomic mass is 10.2. The molecule has 0 aliphatic carbocycles. The minimum absolute atomic E-state index is 0.0132. The zero-order chi connectivity index (χ0) is 13.0. The van der Waals surface area contributed by atoms with Gasteiger partial charge in [-0.25, -0.2) is 0 Å². The first kappa shape index (κ1) is 13.0. The second-order valence-corrected chi connectivity index (χ2v) is 3.73. The number of nitro benzene ring substituents is 1. The highest BCUT2D eigenvalue weighted by molar-refractivity contribution is 5.67. The standard InChI is InChI=1S/C11H13NO5/c1-7-5-9(12(15)16)3-4-10(7)17-8(2)6-11(13)14/h3-5,8H,6H2,1-2H3,(H,13,14)/t8-/m1/s1. The third-order valence-corrected chi connectivity index (χ3v) is 2.16. The zero-order valence-corrected chi connectivity index (χ0v) is 9.54. The molecule has 0 amide bonds. The van der Waals surface area contributed by atoms with Crippen LogP contribution in [0.1, 0.15) is 18.9 Å². The van der Waals surface area contributed by atoms with Gasteiger partial charge in [0.15, 0.2) is 0 Å². The molecule has 0 bridgehead atoms. The number of aliphatic carboxylic acids is 1. The first-order valence-corrected chi connectivity index (χ1v) is 5.03. The molecule has 0 heterocycles. The molecule has 0 saturated heterocycles. The van der Waals surface area contributed by atoms with Gasteiger partial charge in [-0.1, -0.05) is 0 Å². The molecule has 0 spiro atoms. The summed E-state index contributed by atoms with van der Waals surface area (Å²) in [6, 6.07) is 4.20. The van der Waals surface area contributed by atoms with E-state index in [1.54, 1.807) is 13.8 Å². The molecule has 0 fully saturated rings. The van der Waals surface area contributed by atoms with Crippen LogP contribution >= 0.6 is 0 Å². The summed E-state index contributed by atoms with van der Waals surface area (Å²) in [5.41, 5.74) is 0.595. The Morgan fingerprint density at radius 1 is 1.59 bits per heavy atom. The normalized spacial score (nSPS) is 11.9. The van der Waals surface area contributed by atoms with E-state index in [9.17, 15) is 14.9 Å². The van der Waals surface area contributed by atoms with Crippen molar-refractivity contribution in [3.63, 3.8) is 0 Å². The summed E-state index contributed by atoms with van der Waals surface area (Å²) >= 11 is 0. The summed E-state index contributed by atoms with van der Waals surface area (Å²) in [6.45, 7) is 3.31. The lowest BCUT2D eigenvalue weighted by Gasteiger charge is -2.14. The maximum absolute atomic E-state index is 10.5. The van der Waals surface area contributed by atoms with E-state index in [2.05, 4.69) is 0 Å². The van der Waals surface area contributed by atoms with Crippen LogP contribution in [-0.4, -0.2) is 22.1 Å². The summed E-state index contributed by atoms with van der Waals surface area (Å²) in [5.74, 6) is -0.485. The Bertz CT molecular complexity index is 443. The van der Waals surface area contributed by atoms with E-state index in [4.69, 9.17) is 9.84 Å². The second-order valence-electron chi connectivity index (χ2n) is 3.73. The van der Waals surface area contributed by atoms with Gasteiger partial charge in [-0.3, -0.25) is 14.9 Å². The lowest BCUT2D eigenvalue weighted by molar-refractivity contribution is -0.384. The maximum Gasteiger partial charge on any atom is 0.307 e. The second kappa shape index (κ2) is 5.29. The molecule has 0 aromatic heterocycles. The molecule has 17 heavy (non-hydrogen) atoms. The topological polar surface area (TPSA) is 89.7 Å². The van der Waals surface area contributed by atoms with Gasteiger partial charge >= 0.3 is 5.97 Å². The number of hydrogen-bond acceptors (Lipinski definition) is 4. The molecule has 0 unspecified atom stereocenters. The Balaban J connectivity index is 2.79. The first-order valence-electron chi connectivity index (χ1n) is 5.03. The molecule has 92 valence electrons. The fourth-order valence-electron chi connectivity index (χ4n) is 1.38. The number of carbonyl (C=O) groups is 1. The van der Waals surface area contributed by atoms with E-state index >= 15 is 0 Å². The molecule has 1 N–H and O–H groups in total. The highest BCUT2D eigenvalue weighted by Crippen LogP contribution is 2.24. The molecule has 1 aromatic carbocycles. The molecule has 0 aliphatic heterocycles. The van der Waals surface area contributed by atoms with Crippen molar-refractivity contribution in [1.29, 1.82) is 0 Å². The van der Waals surface area contributed by atoms with Gasteiger partial charge in [-0.15, -0.1) is 0 Å². The third-order valence-electron chi connectivity index (χ3n) is 2.16. The molecule has 0 aliphatic rings. The number of hydrogen-bond donors (Lipinski definition) is 1. The number of nitro groups is 1. The van der Waals surface area contributed by atoms with E-state index in [0.717, 1.165) is 0 Å². The van der Waals surface area contributed by atoms with Crippen LogP contribution in [0.25, 0.3) is 0 Å². The van der Waals surface area contributed by atoms with Crippen molar-refractivity contribution >= 4 is 11.7 Å². The molecular weight excluding hydrogens is 226 g/mol. The monoisotopic (exact) mass is 239 g/mol. The largest absolute Gasteiger partial charge is 0.490 e. The van der Waals surface area contributed by atoms with Gasteiger partial charge in [0.1, 0.15) is 11.9 Å². The molecule has 6 nitrogen and oxygen atoms in total. The zero-order valence-electron chi connectivity index (χ0n) is 9.54. The van der Waals surface area contributed by atoms with Crippen molar-refractivity contribution < 1.29 is 19.6 Å². The van der Waals surface area contributed by atoms with Gasteiger partial charge in [0, 0.05) is 12.1 Å². The van der Waals surface area contributed by atoms with Gasteiger partial charge in [0.2, 0.25) is 0 Å². The highest BCUT2D eigenvalue weighted by atomic mass is 16.6. The van der Waals surface area contributed by atoms with Crippen molar-refractivity contribution in [2.75, 3.05) is 0 Å². The summed E-state index contributed by atoms with van der Waals surface area (Å²) in [5, 5.41) is 19.1. The van der Waals surface area contributed by atoms with Crippen molar-refractivity contribution in [3.8, 4) is 5.75 Å². The lowest BCUT2D eigenvalue weighted by Crippen LogP contribution is -2.17. The Morgan fingerprint density at radius 3 is 2.71 bits per heavy atom. The van der Waals surface area contributed by atoms with Crippen LogP contribution in [-0.2, 0) is 4.79 Å². The van der Waals surface area contributed by atoms with E-state index in [1.165, 1.54) is 18.2 Å². The fourth-order valence-corrected chi connectivity index (χ4v) is 1.38. The minimum Gasteiger partial charge on any atom is -0.490 e. The molecule has 0 radical (unpaired) electrons. The summed E-state index contributed by atoms with van der Waals surface area (Å²) in [4.78, 5) is 20.5. The molecule has 6 heteroatoms. The SMILES string of the molecule is Cc1cc([N+](=O)[O-])ccc1O[C@H](C)CC(=O)O. The average molecular weight is 239 g/mol. The van der Waals surface area contributed by atoms with Crippen LogP contribution in [0.4, 0.5) is 5.69 Å². The predicted molar refractivity (Wildman–Crippen MR) is 60.2 cm³/mol. The Morgan fingerprint density at radius 2 is 2.24 bits per heavy atom. The Labute approximate surface area is 98.0 Å².